The highest BCUT2D eigenvalue weighted by atomic mass is 16.2. The molecule has 1 aromatic rings. The molecular formula is C14H23N5O. The fourth-order valence-electron chi connectivity index (χ4n) is 3.27. The SMILES string of the molecule is Cc1cc(N2CCC[C@@H](N3CCNCC3)C2=O)n(C)n1. The van der Waals surface area contributed by atoms with Crippen LogP contribution in [0.4, 0.5) is 5.82 Å². The van der Waals surface area contributed by atoms with Crippen molar-refractivity contribution in [1.29, 1.82) is 0 Å². The second kappa shape index (κ2) is 5.54. The van der Waals surface area contributed by atoms with Gasteiger partial charge in [0, 0.05) is 45.8 Å². The standard InChI is InChI=1S/C14H23N5O/c1-11-10-13(17(2)16-11)19-7-3-4-12(14(19)20)18-8-5-15-6-9-18/h10,12,15H,3-9H2,1-2H3/t12-/m1/s1. The molecule has 0 spiro atoms. The smallest absolute Gasteiger partial charge is 0.245 e. The Morgan fingerprint density at radius 1 is 1.30 bits per heavy atom. The number of amides is 1. The number of nitrogens with one attached hydrogen (secondary N) is 1. The molecule has 3 heterocycles. The minimum absolute atomic E-state index is 0.0426. The molecule has 2 saturated heterocycles. The zero-order chi connectivity index (χ0) is 14.1. The number of hydrogen-bond acceptors (Lipinski definition) is 4. The van der Waals surface area contributed by atoms with Crippen molar-refractivity contribution in [1.82, 2.24) is 20.0 Å². The Kier molecular flexibility index (Phi) is 3.76. The maximum Gasteiger partial charge on any atom is 0.245 e. The van der Waals surface area contributed by atoms with Crippen molar-refractivity contribution >= 4 is 11.7 Å². The third-order valence-corrected chi connectivity index (χ3v) is 4.26. The third-order valence-electron chi connectivity index (χ3n) is 4.26. The van der Waals surface area contributed by atoms with E-state index in [0.717, 1.165) is 57.1 Å². The first kappa shape index (κ1) is 13.6. The summed E-state index contributed by atoms with van der Waals surface area (Å²) in [5.41, 5.74) is 0.958. The number of aryl methyl sites for hydroxylation is 2. The second-order valence-corrected chi connectivity index (χ2v) is 5.70. The maximum absolute atomic E-state index is 12.8. The van der Waals surface area contributed by atoms with Gasteiger partial charge in [-0.05, 0) is 19.8 Å². The molecule has 110 valence electrons. The molecule has 6 heteroatoms. The van der Waals surface area contributed by atoms with Crippen LogP contribution in [0.3, 0.4) is 0 Å². The van der Waals surface area contributed by atoms with Crippen LogP contribution in [0.25, 0.3) is 0 Å². The average molecular weight is 277 g/mol. The largest absolute Gasteiger partial charge is 0.314 e. The highest BCUT2D eigenvalue weighted by molar-refractivity contribution is 5.97. The Balaban J connectivity index is 1.79. The first-order valence-electron chi connectivity index (χ1n) is 7.43. The average Bonchev–Trinajstić information content (AvgIpc) is 2.79. The summed E-state index contributed by atoms with van der Waals surface area (Å²) in [6.45, 7) is 6.67. The number of nitrogens with zero attached hydrogens (tertiary/aromatic N) is 4. The van der Waals surface area contributed by atoms with Crippen molar-refractivity contribution in [3.63, 3.8) is 0 Å². The van der Waals surface area contributed by atoms with Crippen LogP contribution in [0.2, 0.25) is 0 Å². The lowest BCUT2D eigenvalue weighted by Crippen LogP contribution is -2.57. The molecule has 2 aliphatic heterocycles. The van der Waals surface area contributed by atoms with Gasteiger partial charge in [-0.2, -0.15) is 5.10 Å². The van der Waals surface area contributed by atoms with E-state index in [4.69, 9.17) is 0 Å². The lowest BCUT2D eigenvalue weighted by Gasteiger charge is -2.39. The molecule has 2 aliphatic rings. The Hall–Kier alpha value is -1.40. The molecule has 0 aliphatic carbocycles. The molecule has 1 atom stereocenters. The Labute approximate surface area is 119 Å². The summed E-state index contributed by atoms with van der Waals surface area (Å²) >= 11 is 0. The van der Waals surface area contributed by atoms with Gasteiger partial charge in [0.1, 0.15) is 5.82 Å². The maximum atomic E-state index is 12.8. The van der Waals surface area contributed by atoms with Gasteiger partial charge in [-0.25, -0.2) is 0 Å². The van der Waals surface area contributed by atoms with E-state index in [1.54, 1.807) is 0 Å². The van der Waals surface area contributed by atoms with Crippen LogP contribution in [-0.2, 0) is 11.8 Å². The number of hydrogen-bond donors (Lipinski definition) is 1. The normalized spacial score (nSPS) is 25.2. The first-order chi connectivity index (χ1) is 9.66. The number of carbonyl (C=O) groups is 1. The molecular weight excluding hydrogens is 254 g/mol. The monoisotopic (exact) mass is 277 g/mol. The van der Waals surface area contributed by atoms with Gasteiger partial charge < -0.3 is 5.32 Å². The molecule has 1 N–H and O–H groups in total. The molecule has 1 amide bonds. The molecule has 0 aromatic carbocycles. The van der Waals surface area contributed by atoms with Gasteiger partial charge in [0.05, 0.1) is 11.7 Å². The first-order valence-corrected chi connectivity index (χ1v) is 7.43. The van der Waals surface area contributed by atoms with E-state index in [9.17, 15) is 4.79 Å². The number of piperazine rings is 1. The summed E-state index contributed by atoms with van der Waals surface area (Å²) in [4.78, 5) is 17.0. The van der Waals surface area contributed by atoms with Gasteiger partial charge in [-0.15, -0.1) is 0 Å². The lowest BCUT2D eigenvalue weighted by atomic mass is 10.0. The quantitative estimate of drug-likeness (QED) is 0.835. The molecule has 1 aromatic heterocycles. The van der Waals surface area contributed by atoms with Crippen molar-refractivity contribution in [2.45, 2.75) is 25.8 Å². The van der Waals surface area contributed by atoms with E-state index < -0.39 is 0 Å². The molecule has 0 bridgehead atoms. The van der Waals surface area contributed by atoms with Crippen molar-refractivity contribution in [3.05, 3.63) is 11.8 Å². The Bertz CT molecular complexity index is 492. The molecule has 2 fully saturated rings. The van der Waals surface area contributed by atoms with Crippen LogP contribution >= 0.6 is 0 Å². The van der Waals surface area contributed by atoms with E-state index in [0.29, 0.717) is 0 Å². The fraction of sp³-hybridized carbons (Fsp3) is 0.714. The predicted molar refractivity (Wildman–Crippen MR) is 77.8 cm³/mol. The molecule has 0 saturated carbocycles. The highest BCUT2D eigenvalue weighted by Gasteiger charge is 2.35. The van der Waals surface area contributed by atoms with Crippen molar-refractivity contribution < 1.29 is 4.79 Å². The summed E-state index contributed by atoms with van der Waals surface area (Å²) in [5, 5.41) is 7.70. The topological polar surface area (TPSA) is 53.4 Å². The number of carbonyl (C=O) groups excluding carboxylic acids is 1. The second-order valence-electron chi connectivity index (χ2n) is 5.70. The summed E-state index contributed by atoms with van der Waals surface area (Å²) < 4.78 is 1.81. The van der Waals surface area contributed by atoms with Gasteiger partial charge >= 0.3 is 0 Å². The van der Waals surface area contributed by atoms with Crippen molar-refractivity contribution in [2.24, 2.45) is 7.05 Å². The summed E-state index contributed by atoms with van der Waals surface area (Å²) in [6, 6.07) is 2.04. The van der Waals surface area contributed by atoms with Crippen LogP contribution in [0.1, 0.15) is 18.5 Å². The predicted octanol–water partition coefficient (Wildman–Crippen LogP) is 0.129. The molecule has 0 unspecified atom stereocenters. The zero-order valence-electron chi connectivity index (χ0n) is 12.3. The van der Waals surface area contributed by atoms with Crippen LogP contribution in [0.5, 0.6) is 0 Å². The number of anilines is 1. The van der Waals surface area contributed by atoms with Gasteiger partial charge in [-0.3, -0.25) is 19.3 Å². The Morgan fingerprint density at radius 2 is 2.05 bits per heavy atom. The van der Waals surface area contributed by atoms with Crippen LogP contribution in [0, 0.1) is 6.92 Å². The van der Waals surface area contributed by atoms with Crippen LogP contribution < -0.4 is 10.2 Å². The highest BCUT2D eigenvalue weighted by Crippen LogP contribution is 2.24. The van der Waals surface area contributed by atoms with Gasteiger partial charge in [0.15, 0.2) is 0 Å². The zero-order valence-corrected chi connectivity index (χ0v) is 12.3. The van der Waals surface area contributed by atoms with Crippen molar-refractivity contribution in [2.75, 3.05) is 37.6 Å². The van der Waals surface area contributed by atoms with Gasteiger partial charge in [0.25, 0.3) is 0 Å². The third kappa shape index (κ3) is 2.45. The lowest BCUT2D eigenvalue weighted by molar-refractivity contribution is -0.125. The summed E-state index contributed by atoms with van der Waals surface area (Å²) in [7, 11) is 1.91. The van der Waals surface area contributed by atoms with E-state index in [1.165, 1.54) is 0 Å². The minimum atomic E-state index is 0.0426. The molecule has 3 rings (SSSR count). The number of rotatable bonds is 2. The van der Waals surface area contributed by atoms with E-state index in [-0.39, 0.29) is 11.9 Å². The summed E-state index contributed by atoms with van der Waals surface area (Å²) in [6.07, 6.45) is 2.04. The van der Waals surface area contributed by atoms with Crippen molar-refractivity contribution in [3.8, 4) is 0 Å². The number of aromatic nitrogens is 2. The van der Waals surface area contributed by atoms with E-state index in [1.807, 2.05) is 29.6 Å². The fourth-order valence-corrected chi connectivity index (χ4v) is 3.27. The molecule has 6 nitrogen and oxygen atoms in total. The van der Waals surface area contributed by atoms with Gasteiger partial charge in [0.2, 0.25) is 5.91 Å². The molecule has 0 radical (unpaired) electrons. The van der Waals surface area contributed by atoms with Crippen LogP contribution in [-0.4, -0.2) is 59.4 Å². The van der Waals surface area contributed by atoms with E-state index >= 15 is 0 Å². The van der Waals surface area contributed by atoms with Crippen LogP contribution in [0.15, 0.2) is 6.07 Å². The summed E-state index contributed by atoms with van der Waals surface area (Å²) in [5.74, 6) is 1.16. The number of piperidine rings is 1. The Morgan fingerprint density at radius 3 is 2.70 bits per heavy atom. The molecule has 20 heavy (non-hydrogen) atoms. The van der Waals surface area contributed by atoms with E-state index in [2.05, 4.69) is 15.3 Å². The minimum Gasteiger partial charge on any atom is -0.314 e. The van der Waals surface area contributed by atoms with Gasteiger partial charge in [-0.1, -0.05) is 0 Å².